The van der Waals surface area contributed by atoms with Crippen molar-refractivity contribution in [2.45, 2.75) is 79.1 Å². The molecular formula is C49H44N6O2Pt2. The summed E-state index contributed by atoms with van der Waals surface area (Å²) in [6.07, 6.45) is 6.67. The molecule has 4 aromatic heterocycles. The van der Waals surface area contributed by atoms with Crippen molar-refractivity contribution in [2.24, 2.45) is 0 Å². The first-order valence-electron chi connectivity index (χ1n) is 19.5. The quantitative estimate of drug-likeness (QED) is 0.119. The minimum Gasteiger partial charge on any atom is -0.503 e. The van der Waals surface area contributed by atoms with E-state index in [0.29, 0.717) is 40.8 Å². The Kier molecular flexibility index (Phi) is 13.6. The Morgan fingerprint density at radius 2 is 0.932 bits per heavy atom. The van der Waals surface area contributed by atoms with Gasteiger partial charge >= 0.3 is 42.1 Å². The van der Waals surface area contributed by atoms with Gasteiger partial charge in [-0.1, -0.05) is 125 Å². The van der Waals surface area contributed by atoms with E-state index in [9.17, 15) is 0 Å². The standard InChI is InChI=1S/C49H44N6O2.2Pt/c1-29(2)33-17-19-51-43(21-33)35-9-13-39(31(5)6)47(23-35)56-37-11-15-41-42-16-12-38(26-46(42)55(45(41)25-37)49-53-27-50-28-54-49)57-48-24-36(10-14-40(48)32(7)8)44-22-34(30(3)4)18-20-52-44;;/h9-22,27-32H,1-8H3;;/q-4;2*+2. The molecule has 302 valence electrons. The molecule has 0 N–H and O–H groups in total. The normalized spacial score (nSPS) is 11.4. The van der Waals surface area contributed by atoms with Gasteiger partial charge in [-0.05, 0) is 35.4 Å². The Hall–Kier alpha value is -5.03. The van der Waals surface area contributed by atoms with Crippen LogP contribution in [0.3, 0.4) is 0 Å². The van der Waals surface area contributed by atoms with Crippen molar-refractivity contribution in [1.29, 1.82) is 0 Å². The number of fused-ring (bicyclic) bond motifs is 3. The molecule has 59 heavy (non-hydrogen) atoms. The molecule has 0 amide bonds. The minimum absolute atomic E-state index is 0. The molecule has 0 aliphatic rings. The third kappa shape index (κ3) is 9.10. The molecule has 0 radical (unpaired) electrons. The summed E-state index contributed by atoms with van der Waals surface area (Å²) in [5, 5.41) is 1.87. The maximum atomic E-state index is 6.66. The Morgan fingerprint density at radius 3 is 1.34 bits per heavy atom. The second-order valence-electron chi connectivity index (χ2n) is 15.5. The van der Waals surface area contributed by atoms with Gasteiger partial charge in [0.1, 0.15) is 12.7 Å². The van der Waals surface area contributed by atoms with Gasteiger partial charge in [-0.3, -0.25) is 0 Å². The van der Waals surface area contributed by atoms with Gasteiger partial charge in [-0.2, -0.15) is 22.9 Å². The molecule has 0 fully saturated rings. The SMILES string of the molecule is CC(C)c1ccnc(-c2[c-]c(Oc3[c-]c4c(cc3)c3ccc(Oc5[c-]c(-c6cc(C(C)C)ccn6)ccc5C(C)C)[c-]c3n4-c3ncncn3)c(C(C)C)cc2)c1.[Pt+2].[Pt+2]. The monoisotopic (exact) mass is 1140 g/mol. The first-order valence-corrected chi connectivity index (χ1v) is 19.5. The number of rotatable bonds is 11. The molecule has 10 heteroatoms. The largest absolute Gasteiger partial charge is 2.00 e. The first kappa shape index (κ1) is 43.5. The Bertz CT molecular complexity index is 2560. The Balaban J connectivity index is 0.00000293. The molecule has 4 aromatic carbocycles. The van der Waals surface area contributed by atoms with Gasteiger partial charge in [-0.25, -0.2) is 15.0 Å². The molecule has 0 bridgehead atoms. The molecule has 8 aromatic rings. The van der Waals surface area contributed by atoms with E-state index in [1.54, 1.807) is 0 Å². The predicted octanol–water partition coefficient (Wildman–Crippen LogP) is 12.4. The van der Waals surface area contributed by atoms with Crippen molar-refractivity contribution in [3.05, 3.63) is 144 Å². The second kappa shape index (κ2) is 18.5. The number of hydrogen-bond donors (Lipinski definition) is 0. The van der Waals surface area contributed by atoms with E-state index in [0.717, 1.165) is 55.4 Å². The number of nitrogens with zero attached hydrogens (tertiary/aromatic N) is 6. The molecule has 0 aliphatic carbocycles. The first-order chi connectivity index (χ1) is 27.5. The van der Waals surface area contributed by atoms with E-state index >= 15 is 0 Å². The van der Waals surface area contributed by atoms with Crippen LogP contribution in [0.15, 0.2) is 97.8 Å². The maximum absolute atomic E-state index is 6.66. The summed E-state index contributed by atoms with van der Waals surface area (Å²) in [7, 11) is 0. The zero-order valence-corrected chi connectivity index (χ0v) is 38.7. The van der Waals surface area contributed by atoms with Crippen LogP contribution < -0.4 is 9.47 Å². The third-order valence-electron chi connectivity index (χ3n) is 10.2. The van der Waals surface area contributed by atoms with E-state index in [-0.39, 0.29) is 54.0 Å². The van der Waals surface area contributed by atoms with Crippen LogP contribution in [-0.2, 0) is 42.1 Å². The van der Waals surface area contributed by atoms with Gasteiger partial charge in [-0.15, -0.1) is 59.7 Å². The van der Waals surface area contributed by atoms with Crippen molar-refractivity contribution in [1.82, 2.24) is 29.5 Å². The van der Waals surface area contributed by atoms with Crippen LogP contribution in [-0.4, -0.2) is 29.5 Å². The van der Waals surface area contributed by atoms with E-state index in [1.807, 2.05) is 41.2 Å². The summed E-state index contributed by atoms with van der Waals surface area (Å²) < 4.78 is 15.2. The molecule has 0 spiro atoms. The van der Waals surface area contributed by atoms with Gasteiger partial charge in [0.25, 0.3) is 0 Å². The van der Waals surface area contributed by atoms with Crippen LogP contribution >= 0.6 is 0 Å². The number of hydrogen-bond acceptors (Lipinski definition) is 7. The van der Waals surface area contributed by atoms with Crippen molar-refractivity contribution in [3.63, 3.8) is 0 Å². The molecule has 0 saturated carbocycles. The predicted molar refractivity (Wildman–Crippen MR) is 225 cm³/mol. The van der Waals surface area contributed by atoms with E-state index in [4.69, 9.17) is 9.47 Å². The fraction of sp³-hybridized carbons (Fsp3) is 0.245. The Labute approximate surface area is 375 Å². The third-order valence-corrected chi connectivity index (χ3v) is 10.2. The van der Waals surface area contributed by atoms with Crippen molar-refractivity contribution in [2.75, 3.05) is 0 Å². The van der Waals surface area contributed by atoms with Crippen LogP contribution in [0.25, 0.3) is 50.3 Å². The molecule has 0 aliphatic heterocycles. The van der Waals surface area contributed by atoms with Gasteiger partial charge in [0.2, 0.25) is 5.95 Å². The average molecular weight is 1140 g/mol. The fourth-order valence-corrected chi connectivity index (χ4v) is 6.97. The molecule has 0 atom stereocenters. The van der Waals surface area contributed by atoms with Crippen molar-refractivity contribution in [3.8, 4) is 51.5 Å². The van der Waals surface area contributed by atoms with E-state index in [1.165, 1.54) is 23.8 Å². The summed E-state index contributed by atoms with van der Waals surface area (Å²) in [6, 6.07) is 38.8. The van der Waals surface area contributed by atoms with Crippen LogP contribution in [0, 0.1) is 24.3 Å². The Morgan fingerprint density at radius 1 is 0.492 bits per heavy atom. The van der Waals surface area contributed by atoms with E-state index in [2.05, 4.69) is 153 Å². The molecule has 0 unspecified atom stereocenters. The fourth-order valence-electron chi connectivity index (χ4n) is 6.97. The second-order valence-corrected chi connectivity index (χ2v) is 15.5. The summed E-state index contributed by atoms with van der Waals surface area (Å²) in [6.45, 7) is 17.3. The van der Waals surface area contributed by atoms with Crippen LogP contribution in [0.2, 0.25) is 0 Å². The molecule has 8 nitrogen and oxygen atoms in total. The molecule has 0 saturated heterocycles. The minimum atomic E-state index is 0. The van der Waals surface area contributed by atoms with Crippen molar-refractivity contribution >= 4 is 21.8 Å². The van der Waals surface area contributed by atoms with Crippen LogP contribution in [0.1, 0.15) is 101 Å². The summed E-state index contributed by atoms with van der Waals surface area (Å²) in [5.41, 5.74) is 9.39. The smallest absolute Gasteiger partial charge is 0.503 e. The van der Waals surface area contributed by atoms with Gasteiger partial charge in [0.05, 0.1) is 0 Å². The summed E-state index contributed by atoms with van der Waals surface area (Å²) >= 11 is 0. The van der Waals surface area contributed by atoms with Gasteiger partial charge < -0.3 is 24.0 Å². The van der Waals surface area contributed by atoms with Gasteiger partial charge in [0.15, 0.2) is 0 Å². The molecule has 8 rings (SSSR count). The molecular weight excluding hydrogens is 1090 g/mol. The molecule has 4 heterocycles. The number of benzene rings is 4. The number of ether oxygens (including phenoxy) is 2. The average Bonchev–Trinajstić information content (AvgIpc) is 3.53. The number of aromatic nitrogens is 6. The van der Waals surface area contributed by atoms with Crippen molar-refractivity contribution < 1.29 is 51.6 Å². The van der Waals surface area contributed by atoms with Crippen LogP contribution in [0.4, 0.5) is 0 Å². The topological polar surface area (TPSA) is 87.8 Å². The zero-order chi connectivity index (χ0) is 39.8. The summed E-state index contributed by atoms with van der Waals surface area (Å²) in [4.78, 5) is 22.5. The maximum Gasteiger partial charge on any atom is 2.00 e. The number of pyridine rings is 2. The summed E-state index contributed by atoms with van der Waals surface area (Å²) in [5.74, 6) is 3.90. The van der Waals surface area contributed by atoms with Gasteiger partial charge in [0, 0.05) is 35.4 Å². The van der Waals surface area contributed by atoms with Crippen LogP contribution in [0.5, 0.6) is 23.0 Å². The van der Waals surface area contributed by atoms with E-state index < -0.39 is 0 Å². The zero-order valence-electron chi connectivity index (χ0n) is 34.2.